The van der Waals surface area contributed by atoms with Gasteiger partial charge >= 0.3 is 0 Å². The molecule has 7 heteroatoms. The maximum Gasteiger partial charge on any atom is 0.264 e. The van der Waals surface area contributed by atoms with Crippen molar-refractivity contribution in [1.29, 1.82) is 0 Å². The predicted octanol–water partition coefficient (Wildman–Crippen LogP) is 3.21. The Labute approximate surface area is 166 Å². The van der Waals surface area contributed by atoms with Crippen molar-refractivity contribution in [2.45, 2.75) is 48.8 Å². The number of nitrogens with one attached hydrogen (secondary N) is 1. The molecule has 1 aromatic carbocycles. The van der Waals surface area contributed by atoms with Crippen LogP contribution in [0, 0.1) is 17.8 Å². The number of halogens is 1. The van der Waals surface area contributed by atoms with Crippen LogP contribution >= 0.6 is 11.6 Å². The maximum atomic E-state index is 12.6. The zero-order chi connectivity index (χ0) is 19.2. The topological polar surface area (TPSA) is 66.5 Å². The summed E-state index contributed by atoms with van der Waals surface area (Å²) in [6.45, 7) is 0.227. The molecule has 1 aromatic rings. The maximum absolute atomic E-state index is 12.6. The minimum absolute atomic E-state index is 0.0842. The first-order valence-corrected chi connectivity index (χ1v) is 11.7. The van der Waals surface area contributed by atoms with E-state index in [1.807, 2.05) is 7.05 Å². The van der Waals surface area contributed by atoms with Gasteiger partial charge in [-0.1, -0.05) is 18.2 Å². The Morgan fingerprint density at radius 3 is 2.19 bits per heavy atom. The monoisotopic (exact) mass is 410 g/mol. The summed E-state index contributed by atoms with van der Waals surface area (Å²) in [4.78, 5) is 14.4. The largest absolute Gasteiger partial charge is 0.298 e. The summed E-state index contributed by atoms with van der Waals surface area (Å²) in [5.41, 5.74) is 0.389. The molecule has 4 aliphatic carbocycles. The SMILES string of the molecule is CN(CC(Cl)S(=O)(=O)NC(=O)c1ccccc1)C12CC3CC(CC(C3)C1)C2. The van der Waals surface area contributed by atoms with Gasteiger partial charge in [0.15, 0.2) is 4.71 Å². The molecule has 0 saturated heterocycles. The molecule has 1 N–H and O–H groups in total. The van der Waals surface area contributed by atoms with Gasteiger partial charge < -0.3 is 0 Å². The van der Waals surface area contributed by atoms with E-state index in [4.69, 9.17) is 11.6 Å². The van der Waals surface area contributed by atoms with E-state index in [1.54, 1.807) is 30.3 Å². The van der Waals surface area contributed by atoms with Crippen molar-refractivity contribution in [3.63, 3.8) is 0 Å². The molecule has 5 rings (SSSR count). The highest BCUT2D eigenvalue weighted by atomic mass is 35.5. The van der Waals surface area contributed by atoms with E-state index in [-0.39, 0.29) is 12.1 Å². The van der Waals surface area contributed by atoms with Crippen LogP contribution < -0.4 is 4.72 Å². The molecule has 4 aliphatic rings. The molecule has 4 fully saturated rings. The van der Waals surface area contributed by atoms with Crippen molar-refractivity contribution in [3.05, 3.63) is 35.9 Å². The quantitative estimate of drug-likeness (QED) is 0.731. The third-order valence-corrected chi connectivity index (χ3v) is 8.97. The number of carbonyl (C=O) groups excluding carboxylic acids is 1. The number of benzene rings is 1. The fraction of sp³-hybridized carbons (Fsp3) is 0.650. The summed E-state index contributed by atoms with van der Waals surface area (Å²) in [5, 5.41) is 0. The minimum atomic E-state index is -3.95. The lowest BCUT2D eigenvalue weighted by Gasteiger charge is -2.60. The number of sulfonamides is 1. The molecule has 1 unspecified atom stereocenters. The smallest absolute Gasteiger partial charge is 0.264 e. The molecule has 0 aliphatic heterocycles. The first kappa shape index (κ1) is 19.2. The van der Waals surface area contributed by atoms with Crippen molar-refractivity contribution in [3.8, 4) is 0 Å². The third kappa shape index (κ3) is 3.76. The van der Waals surface area contributed by atoms with Gasteiger partial charge in [-0.15, -0.1) is 11.6 Å². The fourth-order valence-corrected chi connectivity index (χ4v) is 7.15. The molecule has 4 bridgehead atoms. The molecule has 148 valence electrons. The highest BCUT2D eigenvalue weighted by Crippen LogP contribution is 2.57. The molecule has 0 radical (unpaired) electrons. The van der Waals surface area contributed by atoms with Gasteiger partial charge in [0, 0.05) is 17.6 Å². The zero-order valence-electron chi connectivity index (χ0n) is 15.6. The van der Waals surface area contributed by atoms with E-state index in [1.165, 1.54) is 19.3 Å². The van der Waals surface area contributed by atoms with Crippen LogP contribution in [0.25, 0.3) is 0 Å². The minimum Gasteiger partial charge on any atom is -0.298 e. The lowest BCUT2D eigenvalue weighted by atomic mass is 9.52. The van der Waals surface area contributed by atoms with Crippen LogP contribution in [-0.4, -0.2) is 43.1 Å². The Hall–Kier alpha value is -1.11. The van der Waals surface area contributed by atoms with Gasteiger partial charge in [0.1, 0.15) is 0 Å². The lowest BCUT2D eigenvalue weighted by molar-refractivity contribution is -0.0776. The molecule has 1 amide bonds. The van der Waals surface area contributed by atoms with Crippen LogP contribution in [0.4, 0.5) is 0 Å². The Balaban J connectivity index is 1.42. The van der Waals surface area contributed by atoms with Gasteiger partial charge in [0.05, 0.1) is 0 Å². The second kappa shape index (κ2) is 7.05. The first-order chi connectivity index (χ1) is 12.8. The van der Waals surface area contributed by atoms with E-state index in [0.717, 1.165) is 37.0 Å². The van der Waals surface area contributed by atoms with Crippen molar-refractivity contribution in [1.82, 2.24) is 9.62 Å². The first-order valence-electron chi connectivity index (χ1n) is 9.74. The fourth-order valence-electron chi connectivity index (χ4n) is 5.88. The molecule has 1 atom stereocenters. The molecular weight excluding hydrogens is 384 g/mol. The Morgan fingerprint density at radius 2 is 1.67 bits per heavy atom. The van der Waals surface area contributed by atoms with Gasteiger partial charge in [-0.2, -0.15) is 0 Å². The Kier molecular flexibility index (Phi) is 5.02. The molecular formula is C20H27ClN2O3S. The number of amides is 1. The van der Waals surface area contributed by atoms with Crippen molar-refractivity contribution in [2.75, 3.05) is 13.6 Å². The second-order valence-corrected chi connectivity index (χ2v) is 11.4. The van der Waals surface area contributed by atoms with E-state index in [9.17, 15) is 13.2 Å². The van der Waals surface area contributed by atoms with Crippen LogP contribution in [0.2, 0.25) is 0 Å². The Bertz CT molecular complexity index is 776. The normalized spacial score (nSPS) is 33.2. The number of carbonyl (C=O) groups is 1. The summed E-state index contributed by atoms with van der Waals surface area (Å²) in [5.74, 6) is 1.70. The second-order valence-electron chi connectivity index (χ2n) is 8.77. The van der Waals surface area contributed by atoms with Crippen LogP contribution in [0.15, 0.2) is 30.3 Å². The van der Waals surface area contributed by atoms with Gasteiger partial charge in [-0.25, -0.2) is 13.1 Å². The van der Waals surface area contributed by atoms with Gasteiger partial charge in [-0.3, -0.25) is 9.69 Å². The molecule has 0 heterocycles. The van der Waals surface area contributed by atoms with E-state index in [2.05, 4.69) is 9.62 Å². The number of hydrogen-bond acceptors (Lipinski definition) is 4. The number of nitrogens with zero attached hydrogens (tertiary/aromatic N) is 1. The van der Waals surface area contributed by atoms with E-state index >= 15 is 0 Å². The molecule has 0 spiro atoms. The van der Waals surface area contributed by atoms with Crippen LogP contribution in [-0.2, 0) is 10.0 Å². The highest BCUT2D eigenvalue weighted by Gasteiger charge is 2.53. The van der Waals surface area contributed by atoms with Gasteiger partial charge in [0.2, 0.25) is 0 Å². The van der Waals surface area contributed by atoms with Gasteiger partial charge in [0.25, 0.3) is 15.9 Å². The summed E-state index contributed by atoms with van der Waals surface area (Å²) in [6, 6.07) is 8.32. The van der Waals surface area contributed by atoms with Crippen molar-refractivity contribution < 1.29 is 13.2 Å². The third-order valence-electron chi connectivity index (χ3n) is 6.84. The van der Waals surface area contributed by atoms with E-state index in [0.29, 0.717) is 5.56 Å². The average molecular weight is 411 g/mol. The predicted molar refractivity (Wildman–Crippen MR) is 106 cm³/mol. The van der Waals surface area contributed by atoms with E-state index < -0.39 is 20.6 Å². The van der Waals surface area contributed by atoms with Crippen molar-refractivity contribution in [2.24, 2.45) is 17.8 Å². The van der Waals surface area contributed by atoms with Crippen LogP contribution in [0.5, 0.6) is 0 Å². The highest BCUT2D eigenvalue weighted by molar-refractivity contribution is 7.92. The number of alkyl halides is 1. The van der Waals surface area contributed by atoms with Crippen LogP contribution in [0.3, 0.4) is 0 Å². The summed E-state index contributed by atoms with van der Waals surface area (Å²) in [6.07, 6.45) is 7.45. The lowest BCUT2D eigenvalue weighted by Crippen LogP contribution is -2.60. The molecule has 5 nitrogen and oxygen atoms in total. The van der Waals surface area contributed by atoms with Gasteiger partial charge in [-0.05, 0) is 75.5 Å². The van der Waals surface area contributed by atoms with Crippen LogP contribution in [0.1, 0.15) is 48.9 Å². The number of hydrogen-bond donors (Lipinski definition) is 1. The summed E-state index contributed by atoms with van der Waals surface area (Å²) >= 11 is 6.29. The zero-order valence-corrected chi connectivity index (χ0v) is 17.2. The van der Waals surface area contributed by atoms with Crippen molar-refractivity contribution >= 4 is 27.5 Å². The average Bonchev–Trinajstić information content (AvgIpc) is 2.61. The molecule has 0 aromatic heterocycles. The standard InChI is InChI=1S/C20H27ClN2O3S/c1-23(20-10-14-7-15(11-20)9-16(8-14)12-20)13-18(21)27(25,26)22-19(24)17-5-3-2-4-6-17/h2-6,14-16,18H,7-13H2,1H3,(H,22,24). The molecule has 27 heavy (non-hydrogen) atoms. The summed E-state index contributed by atoms with van der Waals surface area (Å²) in [7, 11) is -1.95. The summed E-state index contributed by atoms with van der Waals surface area (Å²) < 4.78 is 26.1. The number of rotatable bonds is 6. The Morgan fingerprint density at radius 1 is 1.15 bits per heavy atom. The molecule has 4 saturated carbocycles.